The fourth-order valence-electron chi connectivity index (χ4n) is 1.73. The van der Waals surface area contributed by atoms with Crippen molar-refractivity contribution >= 4 is 33.2 Å². The summed E-state index contributed by atoms with van der Waals surface area (Å²) in [5, 5.41) is 0. The SMILES string of the molecule is CN(Cc1ccc(Br)s1)C(=O)C(C)(C)CCN. The minimum atomic E-state index is -0.377. The van der Waals surface area contributed by atoms with Gasteiger partial charge >= 0.3 is 0 Å². The van der Waals surface area contributed by atoms with Gasteiger partial charge in [-0.15, -0.1) is 11.3 Å². The van der Waals surface area contributed by atoms with Crippen LogP contribution in [0.4, 0.5) is 0 Å². The molecule has 1 heterocycles. The number of carbonyl (C=O) groups excluding carboxylic acids is 1. The van der Waals surface area contributed by atoms with Crippen LogP contribution in [0, 0.1) is 5.41 Å². The number of halogens is 1. The minimum absolute atomic E-state index is 0.146. The molecule has 5 heteroatoms. The maximum Gasteiger partial charge on any atom is 0.228 e. The molecule has 96 valence electrons. The molecule has 0 aromatic carbocycles. The van der Waals surface area contributed by atoms with Crippen molar-refractivity contribution in [2.75, 3.05) is 13.6 Å². The number of nitrogens with two attached hydrogens (primary N) is 1. The molecule has 17 heavy (non-hydrogen) atoms. The molecule has 0 aliphatic rings. The van der Waals surface area contributed by atoms with E-state index in [1.54, 1.807) is 16.2 Å². The highest BCUT2D eigenvalue weighted by Gasteiger charge is 2.29. The average Bonchev–Trinajstić information content (AvgIpc) is 2.62. The first-order valence-electron chi connectivity index (χ1n) is 5.56. The van der Waals surface area contributed by atoms with Gasteiger partial charge in [-0.2, -0.15) is 0 Å². The molecule has 0 aliphatic carbocycles. The van der Waals surface area contributed by atoms with Gasteiger partial charge in [0.25, 0.3) is 0 Å². The van der Waals surface area contributed by atoms with Gasteiger partial charge in [0.1, 0.15) is 0 Å². The highest BCUT2D eigenvalue weighted by molar-refractivity contribution is 9.11. The van der Waals surface area contributed by atoms with Gasteiger partial charge < -0.3 is 10.6 Å². The van der Waals surface area contributed by atoms with Gasteiger partial charge in [-0.3, -0.25) is 4.79 Å². The summed E-state index contributed by atoms with van der Waals surface area (Å²) in [6.45, 7) is 5.09. The first kappa shape index (κ1) is 14.7. The lowest BCUT2D eigenvalue weighted by Crippen LogP contribution is -2.39. The number of carbonyl (C=O) groups is 1. The molecular formula is C12H19BrN2OS. The van der Waals surface area contributed by atoms with Crippen LogP contribution in [0.1, 0.15) is 25.1 Å². The second kappa shape index (κ2) is 5.98. The van der Waals surface area contributed by atoms with E-state index in [1.807, 2.05) is 33.0 Å². The average molecular weight is 319 g/mol. The molecule has 0 saturated heterocycles. The van der Waals surface area contributed by atoms with Crippen LogP contribution in [0.2, 0.25) is 0 Å². The van der Waals surface area contributed by atoms with Gasteiger partial charge in [-0.1, -0.05) is 13.8 Å². The molecule has 0 bridgehead atoms. The summed E-state index contributed by atoms with van der Waals surface area (Å²) in [4.78, 5) is 15.2. The third-order valence-electron chi connectivity index (χ3n) is 2.72. The minimum Gasteiger partial charge on any atom is -0.340 e. The van der Waals surface area contributed by atoms with Crippen LogP contribution < -0.4 is 5.73 Å². The van der Waals surface area contributed by atoms with E-state index < -0.39 is 0 Å². The van der Waals surface area contributed by atoms with Crippen LogP contribution in [0.3, 0.4) is 0 Å². The molecule has 0 spiro atoms. The van der Waals surface area contributed by atoms with Gasteiger partial charge in [-0.25, -0.2) is 0 Å². The van der Waals surface area contributed by atoms with E-state index in [-0.39, 0.29) is 11.3 Å². The number of hydrogen-bond donors (Lipinski definition) is 1. The number of amides is 1. The molecule has 0 unspecified atom stereocenters. The van der Waals surface area contributed by atoms with Crippen LogP contribution in [0.5, 0.6) is 0 Å². The van der Waals surface area contributed by atoms with Crippen LogP contribution >= 0.6 is 27.3 Å². The lowest BCUT2D eigenvalue weighted by Gasteiger charge is -2.28. The number of thiophene rings is 1. The second-order valence-corrected chi connectivity index (χ2v) is 7.34. The molecule has 1 amide bonds. The molecule has 3 nitrogen and oxygen atoms in total. The van der Waals surface area contributed by atoms with E-state index in [2.05, 4.69) is 15.9 Å². The standard InChI is InChI=1S/C12H19BrN2OS/c1-12(2,6-7-14)11(16)15(3)8-9-4-5-10(13)17-9/h4-5H,6-8,14H2,1-3H3. The Morgan fingerprint density at radius 3 is 2.65 bits per heavy atom. The van der Waals surface area contributed by atoms with Crippen molar-refractivity contribution in [2.45, 2.75) is 26.8 Å². The zero-order valence-electron chi connectivity index (χ0n) is 10.5. The summed E-state index contributed by atoms with van der Waals surface area (Å²) in [7, 11) is 1.84. The fraction of sp³-hybridized carbons (Fsp3) is 0.583. The van der Waals surface area contributed by atoms with E-state index in [4.69, 9.17) is 5.73 Å². The summed E-state index contributed by atoms with van der Waals surface area (Å²) >= 11 is 5.08. The third-order valence-corrected chi connectivity index (χ3v) is 4.33. The fourth-order valence-corrected chi connectivity index (χ4v) is 3.26. The highest BCUT2D eigenvalue weighted by atomic mass is 79.9. The van der Waals surface area contributed by atoms with Gasteiger partial charge in [0.2, 0.25) is 5.91 Å². The van der Waals surface area contributed by atoms with Crippen molar-refractivity contribution in [3.8, 4) is 0 Å². The summed E-state index contributed by atoms with van der Waals surface area (Å²) < 4.78 is 1.09. The Kier molecular flexibility index (Phi) is 5.16. The molecule has 0 radical (unpaired) electrons. The Bertz CT molecular complexity index is 390. The van der Waals surface area contributed by atoms with Gasteiger partial charge in [0, 0.05) is 17.3 Å². The molecule has 0 saturated carbocycles. The first-order chi connectivity index (χ1) is 7.86. The Morgan fingerprint density at radius 1 is 1.53 bits per heavy atom. The van der Waals surface area contributed by atoms with E-state index in [9.17, 15) is 4.79 Å². The monoisotopic (exact) mass is 318 g/mol. The number of rotatable bonds is 5. The van der Waals surface area contributed by atoms with Crippen molar-refractivity contribution in [3.63, 3.8) is 0 Å². The quantitative estimate of drug-likeness (QED) is 0.907. The van der Waals surface area contributed by atoms with Crippen molar-refractivity contribution in [1.29, 1.82) is 0 Å². The summed E-state index contributed by atoms with van der Waals surface area (Å²) in [5.41, 5.74) is 5.16. The Balaban J connectivity index is 2.64. The number of nitrogens with zero attached hydrogens (tertiary/aromatic N) is 1. The van der Waals surface area contributed by atoms with Gasteiger partial charge in [0.05, 0.1) is 10.3 Å². The van der Waals surface area contributed by atoms with Crippen molar-refractivity contribution in [1.82, 2.24) is 4.90 Å². The van der Waals surface area contributed by atoms with E-state index >= 15 is 0 Å². The Hall–Kier alpha value is -0.390. The smallest absolute Gasteiger partial charge is 0.228 e. The largest absolute Gasteiger partial charge is 0.340 e. The maximum absolute atomic E-state index is 12.2. The molecule has 1 rings (SSSR count). The summed E-state index contributed by atoms with van der Waals surface area (Å²) in [6.07, 6.45) is 0.713. The normalized spacial score (nSPS) is 11.6. The van der Waals surface area contributed by atoms with Gasteiger partial charge in [0.15, 0.2) is 0 Å². The highest BCUT2D eigenvalue weighted by Crippen LogP contribution is 2.26. The van der Waals surface area contributed by atoms with Crippen LogP contribution in [-0.4, -0.2) is 24.4 Å². The van der Waals surface area contributed by atoms with Gasteiger partial charge in [-0.05, 0) is 41.0 Å². The molecule has 1 aromatic heterocycles. The van der Waals surface area contributed by atoms with Crippen LogP contribution in [-0.2, 0) is 11.3 Å². The predicted molar refractivity (Wildman–Crippen MR) is 75.9 cm³/mol. The topological polar surface area (TPSA) is 46.3 Å². The summed E-state index contributed by atoms with van der Waals surface area (Å²) in [6, 6.07) is 4.04. The third kappa shape index (κ3) is 4.08. The lowest BCUT2D eigenvalue weighted by molar-refractivity contribution is -0.139. The Morgan fingerprint density at radius 2 is 2.18 bits per heavy atom. The zero-order valence-corrected chi connectivity index (χ0v) is 12.9. The zero-order chi connectivity index (χ0) is 13.1. The summed E-state index contributed by atoms with van der Waals surface area (Å²) in [5.74, 6) is 0.146. The van der Waals surface area contributed by atoms with Crippen LogP contribution in [0.15, 0.2) is 15.9 Å². The van der Waals surface area contributed by atoms with Crippen molar-refractivity contribution < 1.29 is 4.79 Å². The maximum atomic E-state index is 12.2. The molecule has 2 N–H and O–H groups in total. The Labute approximate surface area is 115 Å². The van der Waals surface area contributed by atoms with Crippen molar-refractivity contribution in [2.24, 2.45) is 11.1 Å². The van der Waals surface area contributed by atoms with Crippen LogP contribution in [0.25, 0.3) is 0 Å². The lowest BCUT2D eigenvalue weighted by atomic mass is 9.88. The van der Waals surface area contributed by atoms with E-state index in [0.29, 0.717) is 19.5 Å². The predicted octanol–water partition coefficient (Wildman–Crippen LogP) is 2.84. The van der Waals surface area contributed by atoms with Crippen molar-refractivity contribution in [3.05, 3.63) is 20.8 Å². The first-order valence-corrected chi connectivity index (χ1v) is 7.17. The molecule has 0 aliphatic heterocycles. The molecule has 0 fully saturated rings. The van der Waals surface area contributed by atoms with E-state index in [0.717, 1.165) is 3.79 Å². The molecular weight excluding hydrogens is 300 g/mol. The number of hydrogen-bond acceptors (Lipinski definition) is 3. The molecule has 0 atom stereocenters. The second-order valence-electron chi connectivity index (χ2n) is 4.79. The molecule has 1 aromatic rings. The van der Waals surface area contributed by atoms with E-state index in [1.165, 1.54) is 4.88 Å².